The van der Waals surface area contributed by atoms with Crippen LogP contribution in [0.2, 0.25) is 0 Å². The number of aliphatic hydroxyl groups is 2. The normalized spacial score (nSPS) is 35.9. The number of carbonyl (C=O) groups excluding carboxylic acids is 1. The molecular weight excluding hydrogens is 981 g/mol. The minimum Gasteiger partial charge on any atom is -0.394 e. The van der Waals surface area contributed by atoms with Crippen molar-refractivity contribution in [1.29, 1.82) is 2.77 Å². The van der Waals surface area contributed by atoms with E-state index in [-0.39, 0.29) is 85.3 Å². The number of aliphatic hydroxyl groups excluding tert-OH is 2. The van der Waals surface area contributed by atoms with E-state index in [1.165, 1.54) is 0 Å². The summed E-state index contributed by atoms with van der Waals surface area (Å²) in [5.41, 5.74) is 10.7. The van der Waals surface area contributed by atoms with E-state index in [1.54, 1.807) is 0 Å². The number of carbonyl (C=O) groups is 1. The van der Waals surface area contributed by atoms with Crippen LogP contribution in [0.5, 0.6) is 0 Å². The van der Waals surface area contributed by atoms with Crippen molar-refractivity contribution in [2.24, 2.45) is 40.6 Å². The number of nitrogens with zero attached hydrogens (tertiary/aromatic N) is 3. The fourth-order valence-electron chi connectivity index (χ4n) is 9.50. The molecule has 20 atom stereocenters. The third-order valence-corrected chi connectivity index (χ3v) is 14.3. The Kier molecular flexibility index (Phi) is 28.4. The van der Waals surface area contributed by atoms with E-state index in [0.29, 0.717) is 19.6 Å². The predicted molar refractivity (Wildman–Crippen MR) is 283 cm³/mol. The molecular formula is C52H82BN3O17S. The second kappa shape index (κ2) is 33.4. The van der Waals surface area contributed by atoms with Gasteiger partial charge >= 0.3 is 26.0 Å². The zero-order valence-corrected chi connectivity index (χ0v) is 46.0. The second-order valence-electron chi connectivity index (χ2n) is 20.4. The summed E-state index contributed by atoms with van der Waals surface area (Å²) in [4.78, 5) is 43.3. The fraction of sp³-hybridized carbons (Fsp3) is 0.750. The average Bonchev–Trinajstić information content (AvgIpc) is 3.40. The quantitative estimate of drug-likeness (QED) is 0.0493. The summed E-state index contributed by atoms with van der Waals surface area (Å²) in [6, 6.07) is 19.5. The molecule has 20 nitrogen and oxygen atoms in total. The molecule has 0 aliphatic carbocycles. The molecule has 4 aliphatic rings. The first-order chi connectivity index (χ1) is 36.2. The molecule has 0 amide bonds. The van der Waals surface area contributed by atoms with Crippen molar-refractivity contribution in [2.45, 2.75) is 201 Å². The minimum atomic E-state index is -0.781. The first-order valence-electron chi connectivity index (χ1n) is 26.2. The van der Waals surface area contributed by atoms with Gasteiger partial charge in [-0.1, -0.05) is 114 Å². The topological polar surface area (TPSA) is 267 Å². The summed E-state index contributed by atoms with van der Waals surface area (Å²) >= 11 is 3.94. The van der Waals surface area contributed by atoms with Gasteiger partial charge in [0.2, 0.25) is 1.43 Å². The zero-order valence-electron chi connectivity index (χ0n) is 47.2. The van der Waals surface area contributed by atoms with Gasteiger partial charge in [0.05, 0.1) is 74.7 Å². The van der Waals surface area contributed by atoms with E-state index in [1.807, 2.05) is 144 Å². The smallest absolute Gasteiger partial charge is 0.210 e. The predicted octanol–water partition coefficient (Wildman–Crippen LogP) is 8.67. The maximum Gasteiger partial charge on any atom is 0.210 e. The molecule has 2 N–H and O–H groups in total. The van der Waals surface area contributed by atoms with Crippen molar-refractivity contribution in [2.75, 3.05) is 13.2 Å². The average molecular weight is 1070 g/mol. The Balaban J connectivity index is 0.000000469. The van der Waals surface area contributed by atoms with E-state index in [0.717, 1.165) is 17.8 Å². The molecule has 4 saturated heterocycles. The van der Waals surface area contributed by atoms with E-state index in [4.69, 9.17) is 75.5 Å². The summed E-state index contributed by atoms with van der Waals surface area (Å²) in [6.45, 7) is 27.1. The number of rotatable bonds is 17. The fourth-order valence-corrected chi connectivity index (χ4v) is 9.50. The van der Waals surface area contributed by atoms with Crippen molar-refractivity contribution in [3.05, 3.63) is 102 Å². The first-order valence-corrected chi connectivity index (χ1v) is 25.7. The number of hydrogen-bond acceptors (Lipinski definition) is 19. The van der Waals surface area contributed by atoms with Gasteiger partial charge in [0.15, 0.2) is 18.9 Å². The standard InChI is InChI=1S/C29H46O8.C23H35N3O5.BHS.2O2/c1-9-22-24(31)17(2)18(3)28(35-22)36-26-20(5)34-27(33-16-23(30)37-29(6,7)8)19(4)25(26)32-15-21-13-11-10-12-14-21;1-13-14(2)20(25-26-24)23(30-19(13)11-27)31-22-17(5)29-16(4)15(3)21(22)28-12-18-9-7-6-8-10-18;3*1-2/h10-14,17-20,22,24-28,31H,9,15-16H2,1-8H3;6-10,13-17,19-23,27H,11-12H2,1-5H3;1H;;/i;27T;1D;;. The molecule has 416 valence electrons. The Morgan fingerprint density at radius 2 is 1.20 bits per heavy atom. The SMILES string of the molecule is CCC1OC(OC2C(C)OC(OCC(=O)OC(C)(C)C)C(C)C2OCc2ccccc2)C(C)C(C)C1O.O=O.O=O.[2H]B=S.[3H]OCC1OC(OC2C(C)OC(C)C(C)C2OCc2ccccc2)C(N=[N+]=[N-])C(C)C1C. The maximum absolute atomic E-state index is 12.3. The molecule has 0 aromatic heterocycles. The molecule has 2 aromatic carbocycles. The molecule has 4 fully saturated rings. The van der Waals surface area contributed by atoms with Gasteiger partial charge in [-0.15, -0.1) is 0 Å². The summed E-state index contributed by atoms with van der Waals surface area (Å²) in [6.07, 6.45) is -4.51. The van der Waals surface area contributed by atoms with Crippen LogP contribution in [0.15, 0.2) is 65.8 Å². The molecule has 0 saturated carbocycles. The van der Waals surface area contributed by atoms with E-state index < -0.39 is 60.9 Å². The molecule has 0 bridgehead atoms. The van der Waals surface area contributed by atoms with Crippen LogP contribution in [0.4, 0.5) is 0 Å². The summed E-state index contributed by atoms with van der Waals surface area (Å²) in [5.74, 6) is -0.560. The molecule has 4 heterocycles. The Morgan fingerprint density at radius 1 is 0.703 bits per heavy atom. The van der Waals surface area contributed by atoms with Crippen LogP contribution in [0.25, 0.3) is 10.4 Å². The van der Waals surface area contributed by atoms with Crippen molar-refractivity contribution >= 4 is 24.7 Å². The third kappa shape index (κ3) is 19.1. The minimum absolute atomic E-state index is 0.00855. The van der Waals surface area contributed by atoms with Gasteiger partial charge in [0, 0.05) is 42.5 Å². The van der Waals surface area contributed by atoms with E-state index >= 15 is 0 Å². The van der Waals surface area contributed by atoms with Crippen LogP contribution in [-0.2, 0) is 65.4 Å². The first kappa shape index (κ1) is 62.8. The molecule has 6 rings (SSSR count). The Bertz CT molecular complexity index is 1990. The van der Waals surface area contributed by atoms with Crippen LogP contribution in [0.3, 0.4) is 0 Å². The van der Waals surface area contributed by atoms with E-state index in [9.17, 15) is 9.90 Å². The monoisotopic (exact) mass is 1070 g/mol. The van der Waals surface area contributed by atoms with Crippen molar-refractivity contribution in [3.63, 3.8) is 0 Å². The van der Waals surface area contributed by atoms with Gasteiger partial charge in [-0.3, -0.25) is 0 Å². The zero-order chi connectivity index (χ0) is 57.3. The number of azide groups is 1. The summed E-state index contributed by atoms with van der Waals surface area (Å²) < 4.78 is 74.9. The molecule has 74 heavy (non-hydrogen) atoms. The van der Waals surface area contributed by atoms with Crippen LogP contribution in [-0.4, -0.2) is 130 Å². The van der Waals surface area contributed by atoms with Crippen LogP contribution in [0, 0.1) is 55.4 Å². The van der Waals surface area contributed by atoms with Gasteiger partial charge in [0.1, 0.15) is 24.4 Å². The Labute approximate surface area is 445 Å². The molecule has 22 heteroatoms. The molecule has 0 radical (unpaired) electrons. The third-order valence-electron chi connectivity index (χ3n) is 14.3. The van der Waals surface area contributed by atoms with Gasteiger partial charge in [-0.25, -0.2) is 4.79 Å². The molecule has 20 unspecified atom stereocenters. The second-order valence-corrected chi connectivity index (χ2v) is 20.4. The molecule has 2 aromatic rings. The number of ether oxygens (including phenoxy) is 10. The maximum atomic E-state index is 12.3. The van der Waals surface area contributed by atoms with Gasteiger partial charge in [0.25, 0.3) is 0 Å². The van der Waals surface area contributed by atoms with Crippen LogP contribution >= 0.6 is 12.1 Å². The van der Waals surface area contributed by atoms with Crippen LogP contribution in [0.1, 0.15) is 108 Å². The van der Waals surface area contributed by atoms with Gasteiger partial charge < -0.3 is 57.6 Å². The number of esters is 1. The summed E-state index contributed by atoms with van der Waals surface area (Å²) in [5, 5.41) is 19.2. The van der Waals surface area contributed by atoms with Crippen molar-refractivity contribution in [1.82, 2.24) is 0 Å². The molecule has 4 aliphatic heterocycles. The van der Waals surface area contributed by atoms with Gasteiger partial charge in [-0.05, 0) is 82.4 Å². The number of benzene rings is 2. The Morgan fingerprint density at radius 3 is 1.70 bits per heavy atom. The van der Waals surface area contributed by atoms with Crippen molar-refractivity contribution < 1.29 is 62.4 Å². The van der Waals surface area contributed by atoms with Crippen molar-refractivity contribution in [3.8, 4) is 0 Å². The summed E-state index contributed by atoms with van der Waals surface area (Å²) in [7, 11) is 0. The van der Waals surface area contributed by atoms with E-state index in [2.05, 4.69) is 34.1 Å². The molecule has 0 spiro atoms. The Hall–Kier alpha value is -3.74. The van der Waals surface area contributed by atoms with Gasteiger partial charge in [-0.2, -0.15) is 0 Å². The number of hydrogen-bond donors (Lipinski definition) is 2. The van der Waals surface area contributed by atoms with Crippen LogP contribution < -0.4 is 0 Å². The largest absolute Gasteiger partial charge is 0.394 e.